The molecule has 0 aliphatic carbocycles. The molecule has 3 unspecified atom stereocenters. The minimum Gasteiger partial charge on any atom is -0.462 e. The number of hydrogen-bond acceptors (Lipinski definition) is 5. The largest absolute Gasteiger partial charge is 0.462 e. The summed E-state index contributed by atoms with van der Waals surface area (Å²) in [6.45, 7) is 6.30. The summed E-state index contributed by atoms with van der Waals surface area (Å²) in [4.78, 5) is 26.0. The zero-order valence-electron chi connectivity index (χ0n) is 38.6. The average molecular weight is 824 g/mol. The van der Waals surface area contributed by atoms with Crippen molar-refractivity contribution in [3.63, 3.8) is 0 Å². The van der Waals surface area contributed by atoms with Gasteiger partial charge < -0.3 is 20.3 Å². The second kappa shape index (κ2) is 46.4. The molecule has 0 aromatic rings. The van der Waals surface area contributed by atoms with E-state index in [1.165, 1.54) is 122 Å². The predicted octanol–water partition coefficient (Wildman–Crippen LogP) is 14.6. The molecule has 59 heavy (non-hydrogen) atoms. The second-order valence-corrected chi connectivity index (χ2v) is 16.6. The van der Waals surface area contributed by atoms with E-state index in [9.17, 15) is 19.8 Å². The van der Waals surface area contributed by atoms with Gasteiger partial charge in [0.1, 0.15) is 6.10 Å². The van der Waals surface area contributed by atoms with Crippen molar-refractivity contribution in [2.24, 2.45) is 0 Å². The highest BCUT2D eigenvalue weighted by atomic mass is 16.5. The minimum absolute atomic E-state index is 0.0435. The van der Waals surface area contributed by atoms with E-state index < -0.39 is 18.2 Å². The van der Waals surface area contributed by atoms with Crippen molar-refractivity contribution in [3.05, 3.63) is 72.9 Å². The summed E-state index contributed by atoms with van der Waals surface area (Å²) >= 11 is 0. The molecule has 1 amide bonds. The molecule has 0 saturated heterocycles. The number of ether oxygens (including phenoxy) is 1. The van der Waals surface area contributed by atoms with Crippen LogP contribution in [0.1, 0.15) is 226 Å². The fourth-order valence-electron chi connectivity index (χ4n) is 7.16. The van der Waals surface area contributed by atoms with E-state index in [0.717, 1.165) is 51.4 Å². The van der Waals surface area contributed by atoms with Gasteiger partial charge in [-0.1, -0.05) is 222 Å². The van der Waals surface area contributed by atoms with Crippen LogP contribution in [0.5, 0.6) is 0 Å². The first-order valence-corrected chi connectivity index (χ1v) is 24.7. The third kappa shape index (κ3) is 41.8. The number of aliphatic hydroxyl groups excluding tert-OH is 2. The SMILES string of the molecule is CC/C=C/C=C/C=C\C=C/C=C/CCCC(=O)OC(CCCCCCCCC/C=C/CCCCCCCC)CC(=O)NC(CO)C(O)CCCCCCCCCCCC. The standard InChI is InChI=1S/C53H93NO5/c1-4-7-10-13-16-19-22-24-25-26-27-29-30-32-35-38-41-44-49(59-53(58)46-43-40-37-34-31-28-23-20-17-14-11-8-5-2)47-52(57)54-50(48-55)51(56)45-42-39-36-33-21-18-15-12-9-6-3/h8,11,14,17,20,23-25,28,31,34,37,49-51,55-56H,4-7,9-10,12-13,15-16,18-19,21-22,26-27,29-30,32-33,35-36,38-48H2,1-3H3,(H,54,57)/b11-8+,17-14+,23-20-,25-24+,31-28-,37-34+. The van der Waals surface area contributed by atoms with Crippen LogP contribution in [-0.2, 0) is 14.3 Å². The number of allylic oxidation sites excluding steroid dienone is 12. The van der Waals surface area contributed by atoms with Gasteiger partial charge in [0.25, 0.3) is 0 Å². The molecule has 3 N–H and O–H groups in total. The van der Waals surface area contributed by atoms with Crippen LogP contribution in [0.4, 0.5) is 0 Å². The van der Waals surface area contributed by atoms with E-state index in [-0.39, 0.29) is 24.9 Å². The lowest BCUT2D eigenvalue weighted by molar-refractivity contribution is -0.151. The van der Waals surface area contributed by atoms with Gasteiger partial charge in [0.2, 0.25) is 5.91 Å². The zero-order valence-corrected chi connectivity index (χ0v) is 38.6. The number of carbonyl (C=O) groups is 2. The number of nitrogens with one attached hydrogen (secondary N) is 1. The number of carbonyl (C=O) groups excluding carboxylic acids is 2. The molecule has 0 saturated carbocycles. The molecule has 0 rings (SSSR count). The fourth-order valence-corrected chi connectivity index (χ4v) is 7.16. The third-order valence-corrected chi connectivity index (χ3v) is 10.9. The number of rotatable bonds is 43. The molecule has 3 atom stereocenters. The monoisotopic (exact) mass is 824 g/mol. The molecular weight excluding hydrogens is 731 g/mol. The Morgan fingerprint density at radius 1 is 0.508 bits per heavy atom. The Hall–Kier alpha value is -2.70. The number of hydrogen-bond donors (Lipinski definition) is 3. The molecule has 6 heteroatoms. The average Bonchev–Trinajstić information content (AvgIpc) is 3.23. The van der Waals surface area contributed by atoms with Gasteiger partial charge in [-0.25, -0.2) is 0 Å². The lowest BCUT2D eigenvalue weighted by Gasteiger charge is -2.24. The van der Waals surface area contributed by atoms with Crippen LogP contribution in [0.15, 0.2) is 72.9 Å². The van der Waals surface area contributed by atoms with Crippen LogP contribution in [0.2, 0.25) is 0 Å². The normalized spacial score (nSPS) is 13.9. The highest BCUT2D eigenvalue weighted by Crippen LogP contribution is 2.17. The number of aliphatic hydroxyl groups is 2. The van der Waals surface area contributed by atoms with Crippen LogP contribution in [-0.4, -0.2) is 46.9 Å². The van der Waals surface area contributed by atoms with Crippen LogP contribution in [0.25, 0.3) is 0 Å². The molecule has 6 nitrogen and oxygen atoms in total. The van der Waals surface area contributed by atoms with Crippen molar-refractivity contribution in [1.82, 2.24) is 5.32 Å². The van der Waals surface area contributed by atoms with Crippen LogP contribution in [0.3, 0.4) is 0 Å². The number of esters is 1. The van der Waals surface area contributed by atoms with E-state index in [1.807, 2.05) is 54.7 Å². The summed E-state index contributed by atoms with van der Waals surface area (Å²) in [5, 5.41) is 23.7. The quantitative estimate of drug-likeness (QED) is 0.0246. The predicted molar refractivity (Wildman–Crippen MR) is 255 cm³/mol. The molecule has 0 aliphatic rings. The molecule has 0 bridgehead atoms. The summed E-state index contributed by atoms with van der Waals surface area (Å²) in [6, 6.07) is -0.719. The van der Waals surface area contributed by atoms with Crippen molar-refractivity contribution in [3.8, 4) is 0 Å². The molecule has 0 heterocycles. The lowest BCUT2D eigenvalue weighted by atomic mass is 10.0. The first-order chi connectivity index (χ1) is 29.0. The molecule has 0 fully saturated rings. The van der Waals surface area contributed by atoms with E-state index in [0.29, 0.717) is 25.7 Å². The Bertz CT molecular complexity index is 1110. The maximum Gasteiger partial charge on any atom is 0.306 e. The zero-order chi connectivity index (χ0) is 43.1. The first kappa shape index (κ1) is 56.3. The minimum atomic E-state index is -0.802. The molecule has 0 radical (unpaired) electrons. The number of amides is 1. The van der Waals surface area contributed by atoms with Crippen LogP contribution in [0, 0.1) is 0 Å². The fraction of sp³-hybridized carbons (Fsp3) is 0.736. The van der Waals surface area contributed by atoms with Crippen LogP contribution < -0.4 is 5.32 Å². The summed E-state index contributed by atoms with van der Waals surface area (Å²) in [6.07, 6.45) is 58.2. The smallest absolute Gasteiger partial charge is 0.306 e. The molecule has 0 aromatic heterocycles. The highest BCUT2D eigenvalue weighted by molar-refractivity contribution is 5.77. The van der Waals surface area contributed by atoms with Crippen molar-refractivity contribution in [1.29, 1.82) is 0 Å². The summed E-state index contributed by atoms with van der Waals surface area (Å²) in [5.74, 6) is -0.569. The third-order valence-electron chi connectivity index (χ3n) is 10.9. The Balaban J connectivity index is 4.70. The summed E-state index contributed by atoms with van der Waals surface area (Å²) < 4.78 is 5.88. The molecule has 0 spiro atoms. The lowest BCUT2D eigenvalue weighted by Crippen LogP contribution is -2.46. The van der Waals surface area contributed by atoms with E-state index in [4.69, 9.17) is 4.74 Å². The van der Waals surface area contributed by atoms with Gasteiger partial charge in [-0.2, -0.15) is 0 Å². The Morgan fingerprint density at radius 3 is 1.42 bits per heavy atom. The summed E-state index contributed by atoms with van der Waals surface area (Å²) in [5.41, 5.74) is 0. The maximum absolute atomic E-state index is 13.2. The van der Waals surface area contributed by atoms with Gasteiger partial charge >= 0.3 is 5.97 Å². The van der Waals surface area contributed by atoms with E-state index in [1.54, 1.807) is 0 Å². The number of unbranched alkanes of at least 4 members (excludes halogenated alkanes) is 23. The Kier molecular flexibility index (Phi) is 44.2. The van der Waals surface area contributed by atoms with Gasteiger partial charge in [0, 0.05) is 6.42 Å². The van der Waals surface area contributed by atoms with Gasteiger partial charge in [-0.05, 0) is 64.2 Å². The highest BCUT2D eigenvalue weighted by Gasteiger charge is 2.24. The second-order valence-electron chi connectivity index (χ2n) is 16.6. The summed E-state index contributed by atoms with van der Waals surface area (Å²) in [7, 11) is 0. The topological polar surface area (TPSA) is 95.9 Å². The van der Waals surface area contributed by atoms with Crippen molar-refractivity contribution < 1.29 is 24.5 Å². The van der Waals surface area contributed by atoms with E-state index >= 15 is 0 Å². The Morgan fingerprint density at radius 2 is 0.932 bits per heavy atom. The van der Waals surface area contributed by atoms with Crippen molar-refractivity contribution in [2.45, 2.75) is 244 Å². The van der Waals surface area contributed by atoms with Gasteiger partial charge in [0.15, 0.2) is 0 Å². The Labute approximate surface area is 364 Å². The maximum atomic E-state index is 13.2. The van der Waals surface area contributed by atoms with Crippen molar-refractivity contribution >= 4 is 11.9 Å². The van der Waals surface area contributed by atoms with Gasteiger partial charge in [0.05, 0.1) is 25.2 Å². The molecular formula is C53H93NO5. The first-order valence-electron chi connectivity index (χ1n) is 24.7. The molecule has 0 aromatic carbocycles. The van der Waals surface area contributed by atoms with Crippen LogP contribution >= 0.6 is 0 Å². The molecule has 340 valence electrons. The van der Waals surface area contributed by atoms with Gasteiger partial charge in [-0.15, -0.1) is 0 Å². The van der Waals surface area contributed by atoms with Gasteiger partial charge in [-0.3, -0.25) is 9.59 Å². The molecule has 0 aliphatic heterocycles. The van der Waals surface area contributed by atoms with E-state index in [2.05, 4.69) is 44.3 Å². The van der Waals surface area contributed by atoms with Crippen molar-refractivity contribution in [2.75, 3.05) is 6.61 Å².